The van der Waals surface area contributed by atoms with Gasteiger partial charge in [0.25, 0.3) is 0 Å². The van der Waals surface area contributed by atoms with Gasteiger partial charge < -0.3 is 9.55 Å². The highest BCUT2D eigenvalue weighted by Crippen LogP contribution is 2.14. The van der Waals surface area contributed by atoms with E-state index in [-0.39, 0.29) is 0 Å². The van der Waals surface area contributed by atoms with Gasteiger partial charge in [-0.15, -0.1) is 0 Å². The summed E-state index contributed by atoms with van der Waals surface area (Å²) >= 11 is 5.37. The van der Waals surface area contributed by atoms with Gasteiger partial charge in [0, 0.05) is 12.7 Å². The second-order valence-electron chi connectivity index (χ2n) is 4.71. The third-order valence-electron chi connectivity index (χ3n) is 3.28. The topological polar surface area (TPSA) is 33.6 Å². The van der Waals surface area contributed by atoms with Crippen LogP contribution in [0.3, 0.4) is 0 Å². The third-order valence-corrected chi connectivity index (χ3v) is 3.60. The molecule has 1 N–H and O–H groups in total. The Morgan fingerprint density at radius 2 is 2.21 bits per heavy atom. The van der Waals surface area contributed by atoms with Crippen LogP contribution in [0.25, 0.3) is 11.0 Å². The molecule has 0 aliphatic carbocycles. The molecule has 0 saturated heterocycles. The van der Waals surface area contributed by atoms with E-state index in [1.165, 1.54) is 11.1 Å². The lowest BCUT2D eigenvalue weighted by atomic mass is 10.1. The average molecular weight is 269 g/mol. The zero-order chi connectivity index (χ0) is 13.2. The highest BCUT2D eigenvalue weighted by Gasteiger charge is 2.04. The maximum Gasteiger partial charge on any atom is 0.178 e. The fraction of sp³-hybridized carbons (Fsp3) is 0.200. The van der Waals surface area contributed by atoms with E-state index in [4.69, 9.17) is 12.2 Å². The van der Waals surface area contributed by atoms with E-state index in [0.29, 0.717) is 0 Å². The minimum Gasteiger partial charge on any atom is -0.329 e. The monoisotopic (exact) mass is 269 g/mol. The number of imidazole rings is 1. The van der Waals surface area contributed by atoms with E-state index in [1.54, 1.807) is 6.20 Å². The molecule has 0 bridgehead atoms. The Hall–Kier alpha value is -1.94. The first-order chi connectivity index (χ1) is 9.24. The van der Waals surface area contributed by atoms with Crippen molar-refractivity contribution in [3.8, 4) is 0 Å². The molecule has 3 rings (SSSR count). The van der Waals surface area contributed by atoms with Crippen molar-refractivity contribution in [3.63, 3.8) is 0 Å². The summed E-state index contributed by atoms with van der Waals surface area (Å²) in [5, 5.41) is 0. The second-order valence-corrected chi connectivity index (χ2v) is 5.10. The molecule has 0 radical (unpaired) electrons. The van der Waals surface area contributed by atoms with Crippen LogP contribution in [0.5, 0.6) is 0 Å². The van der Waals surface area contributed by atoms with Crippen molar-refractivity contribution in [1.82, 2.24) is 14.5 Å². The first-order valence-electron chi connectivity index (χ1n) is 6.32. The summed E-state index contributed by atoms with van der Waals surface area (Å²) in [7, 11) is 0. The third kappa shape index (κ3) is 2.44. The Morgan fingerprint density at radius 1 is 1.32 bits per heavy atom. The number of aromatic amines is 1. The van der Waals surface area contributed by atoms with E-state index in [2.05, 4.69) is 45.7 Å². The predicted octanol–water partition coefficient (Wildman–Crippen LogP) is 3.65. The Morgan fingerprint density at radius 3 is 3.05 bits per heavy atom. The molecule has 4 heteroatoms. The number of nitrogens with one attached hydrogen (secondary N) is 1. The fourth-order valence-corrected chi connectivity index (χ4v) is 2.64. The van der Waals surface area contributed by atoms with Gasteiger partial charge in [-0.25, -0.2) is 0 Å². The number of rotatable bonds is 3. The standard InChI is InChI=1S/C15H15N3S/c1-11-3-2-4-12(9-11)6-8-18-14-5-7-16-10-13(14)17-15(18)19/h2-5,7,9-10H,6,8H2,1H3,(H,17,19). The quantitative estimate of drug-likeness (QED) is 0.736. The van der Waals surface area contributed by atoms with E-state index in [0.717, 1.165) is 28.8 Å². The van der Waals surface area contributed by atoms with Crippen molar-refractivity contribution >= 4 is 23.3 Å². The molecule has 0 amide bonds. The smallest absolute Gasteiger partial charge is 0.178 e. The summed E-state index contributed by atoms with van der Waals surface area (Å²) in [6.07, 6.45) is 4.59. The SMILES string of the molecule is Cc1cccc(CCn2c(=S)[nH]c3cnccc32)c1. The van der Waals surface area contributed by atoms with E-state index in [9.17, 15) is 0 Å². The van der Waals surface area contributed by atoms with Crippen LogP contribution in [0.4, 0.5) is 0 Å². The number of pyridine rings is 1. The highest BCUT2D eigenvalue weighted by molar-refractivity contribution is 7.71. The number of aryl methyl sites for hydroxylation is 3. The van der Waals surface area contributed by atoms with Crippen molar-refractivity contribution in [2.24, 2.45) is 0 Å². The van der Waals surface area contributed by atoms with Crippen LogP contribution in [0, 0.1) is 11.7 Å². The van der Waals surface area contributed by atoms with Gasteiger partial charge in [-0.1, -0.05) is 29.8 Å². The van der Waals surface area contributed by atoms with Gasteiger partial charge in [0.05, 0.1) is 17.2 Å². The summed E-state index contributed by atoms with van der Waals surface area (Å²) in [4.78, 5) is 7.30. The Labute approximate surface area is 116 Å². The molecular weight excluding hydrogens is 254 g/mol. The van der Waals surface area contributed by atoms with Crippen LogP contribution in [0.1, 0.15) is 11.1 Å². The minimum atomic E-state index is 0.760. The molecule has 2 aromatic heterocycles. The fourth-order valence-electron chi connectivity index (χ4n) is 2.34. The number of benzene rings is 1. The lowest BCUT2D eigenvalue weighted by Crippen LogP contribution is -2.01. The molecular formula is C15H15N3S. The summed E-state index contributed by atoms with van der Waals surface area (Å²) in [5.74, 6) is 0. The number of H-pyrrole nitrogens is 1. The molecule has 2 heterocycles. The number of hydrogen-bond acceptors (Lipinski definition) is 2. The van der Waals surface area contributed by atoms with Crippen LogP contribution in [0.15, 0.2) is 42.7 Å². The van der Waals surface area contributed by atoms with Crippen molar-refractivity contribution in [2.75, 3.05) is 0 Å². The Kier molecular flexibility index (Phi) is 3.17. The molecule has 0 atom stereocenters. The second kappa shape index (κ2) is 4.97. The number of hydrogen-bond donors (Lipinski definition) is 1. The predicted molar refractivity (Wildman–Crippen MR) is 79.8 cm³/mol. The van der Waals surface area contributed by atoms with E-state index >= 15 is 0 Å². The molecule has 96 valence electrons. The normalized spacial score (nSPS) is 11.0. The Balaban J connectivity index is 1.90. The molecule has 0 saturated carbocycles. The van der Waals surface area contributed by atoms with Gasteiger partial charge in [-0.05, 0) is 37.2 Å². The van der Waals surface area contributed by atoms with Crippen molar-refractivity contribution < 1.29 is 0 Å². The van der Waals surface area contributed by atoms with Crippen LogP contribution < -0.4 is 0 Å². The average Bonchev–Trinajstić information content (AvgIpc) is 2.72. The lowest BCUT2D eigenvalue weighted by Gasteiger charge is -2.05. The zero-order valence-electron chi connectivity index (χ0n) is 10.8. The summed E-state index contributed by atoms with van der Waals surface area (Å²) in [6.45, 7) is 3.00. The highest BCUT2D eigenvalue weighted by atomic mass is 32.1. The number of aromatic nitrogens is 3. The molecule has 19 heavy (non-hydrogen) atoms. The zero-order valence-corrected chi connectivity index (χ0v) is 11.6. The number of fused-ring (bicyclic) bond motifs is 1. The van der Waals surface area contributed by atoms with Crippen LogP contribution in [0.2, 0.25) is 0 Å². The van der Waals surface area contributed by atoms with Crippen LogP contribution in [-0.2, 0) is 13.0 Å². The van der Waals surface area contributed by atoms with Crippen molar-refractivity contribution in [2.45, 2.75) is 19.9 Å². The first-order valence-corrected chi connectivity index (χ1v) is 6.73. The van der Waals surface area contributed by atoms with Gasteiger partial charge in [0.15, 0.2) is 4.77 Å². The summed E-state index contributed by atoms with van der Waals surface area (Å²) in [6, 6.07) is 10.6. The molecule has 1 aromatic carbocycles. The molecule has 0 fully saturated rings. The van der Waals surface area contributed by atoms with Gasteiger partial charge >= 0.3 is 0 Å². The minimum absolute atomic E-state index is 0.760. The van der Waals surface area contributed by atoms with Crippen molar-refractivity contribution in [1.29, 1.82) is 0 Å². The van der Waals surface area contributed by atoms with Crippen LogP contribution >= 0.6 is 12.2 Å². The molecule has 3 aromatic rings. The lowest BCUT2D eigenvalue weighted by molar-refractivity contribution is 0.706. The van der Waals surface area contributed by atoms with E-state index in [1.807, 2.05) is 12.3 Å². The van der Waals surface area contributed by atoms with Gasteiger partial charge in [-0.2, -0.15) is 0 Å². The summed E-state index contributed by atoms with van der Waals surface area (Å²) < 4.78 is 2.89. The van der Waals surface area contributed by atoms with Crippen molar-refractivity contribution in [3.05, 3.63) is 58.6 Å². The number of nitrogens with zero attached hydrogens (tertiary/aromatic N) is 2. The van der Waals surface area contributed by atoms with Gasteiger partial charge in [0.2, 0.25) is 0 Å². The molecule has 0 spiro atoms. The first kappa shape index (κ1) is 12.1. The van der Waals surface area contributed by atoms with Gasteiger partial charge in [-0.3, -0.25) is 4.98 Å². The maximum atomic E-state index is 5.37. The molecule has 0 aliphatic heterocycles. The largest absolute Gasteiger partial charge is 0.329 e. The molecule has 3 nitrogen and oxygen atoms in total. The maximum absolute atomic E-state index is 5.37. The van der Waals surface area contributed by atoms with E-state index < -0.39 is 0 Å². The summed E-state index contributed by atoms with van der Waals surface area (Å²) in [5.41, 5.74) is 4.75. The Bertz CT molecular complexity index is 770. The van der Waals surface area contributed by atoms with Crippen LogP contribution in [-0.4, -0.2) is 14.5 Å². The van der Waals surface area contributed by atoms with Gasteiger partial charge in [0.1, 0.15) is 0 Å². The molecule has 0 aliphatic rings. The molecule has 0 unspecified atom stereocenters.